The average Bonchev–Trinajstić information content (AvgIpc) is 2.98. The zero-order chi connectivity index (χ0) is 18.7. The molecule has 1 aromatic heterocycles. The Morgan fingerprint density at radius 3 is 2.77 bits per heavy atom. The van der Waals surface area contributed by atoms with Gasteiger partial charge in [0, 0.05) is 16.6 Å². The van der Waals surface area contributed by atoms with E-state index >= 15 is 0 Å². The number of hydrogen-bond donors (Lipinski definition) is 1. The number of methoxy groups -OCH3 is 1. The lowest BCUT2D eigenvalue weighted by atomic mass is 10.1. The van der Waals surface area contributed by atoms with Crippen LogP contribution in [0.25, 0.3) is 10.1 Å². The van der Waals surface area contributed by atoms with Gasteiger partial charge in [0.25, 0.3) is 5.56 Å². The highest BCUT2D eigenvalue weighted by molar-refractivity contribution is 9.10. The van der Waals surface area contributed by atoms with Crippen molar-refractivity contribution < 1.29 is 9.53 Å². The molecule has 1 atom stereocenters. The Labute approximate surface area is 163 Å². The number of amides is 1. The summed E-state index contributed by atoms with van der Waals surface area (Å²) in [6.07, 6.45) is 0.536. The van der Waals surface area contributed by atoms with E-state index in [1.807, 2.05) is 43.3 Å². The second-order valence-corrected chi connectivity index (χ2v) is 7.75. The summed E-state index contributed by atoms with van der Waals surface area (Å²) in [6.45, 7) is 2.23. The molecule has 26 heavy (non-hydrogen) atoms. The predicted molar refractivity (Wildman–Crippen MR) is 108 cm³/mol. The second kappa shape index (κ2) is 8.05. The van der Waals surface area contributed by atoms with Crippen LogP contribution in [0.4, 0.5) is 0 Å². The van der Waals surface area contributed by atoms with Gasteiger partial charge in [0.05, 0.1) is 17.2 Å². The van der Waals surface area contributed by atoms with Crippen LogP contribution >= 0.6 is 27.5 Å². The number of hydrogen-bond acceptors (Lipinski definition) is 4. The van der Waals surface area contributed by atoms with E-state index in [-0.39, 0.29) is 11.5 Å². The van der Waals surface area contributed by atoms with Gasteiger partial charge in [0.2, 0.25) is 5.91 Å². The number of benzene rings is 2. The maximum absolute atomic E-state index is 12.7. The molecule has 5 nitrogen and oxygen atoms in total. The van der Waals surface area contributed by atoms with Crippen LogP contribution in [0.2, 0.25) is 0 Å². The van der Waals surface area contributed by atoms with Crippen molar-refractivity contribution in [3.8, 4) is 5.75 Å². The smallest absolute Gasteiger partial charge is 0.269 e. The number of nitrogens with zero attached hydrogens (tertiary/aromatic N) is 1. The SMILES string of the molecule is CC[C@@H](C(=O)NCc1cc(Br)ccc1OC)n1sc2ccccc2c1=O. The molecular weight excluding hydrogens is 416 g/mol. The van der Waals surface area contributed by atoms with Crippen LogP contribution in [-0.4, -0.2) is 17.0 Å². The molecule has 0 radical (unpaired) electrons. The minimum atomic E-state index is -0.530. The molecule has 0 unspecified atom stereocenters. The highest BCUT2D eigenvalue weighted by Gasteiger charge is 2.22. The van der Waals surface area contributed by atoms with E-state index in [9.17, 15) is 9.59 Å². The lowest BCUT2D eigenvalue weighted by Gasteiger charge is -2.16. The third-order valence-corrected chi connectivity index (χ3v) is 5.85. The molecule has 1 heterocycles. The second-order valence-electron chi connectivity index (χ2n) is 5.82. The molecule has 0 spiro atoms. The van der Waals surface area contributed by atoms with Gasteiger partial charge in [-0.05, 0) is 36.8 Å². The van der Waals surface area contributed by atoms with Crippen molar-refractivity contribution in [1.82, 2.24) is 9.27 Å². The Kier molecular flexibility index (Phi) is 5.78. The molecule has 0 bridgehead atoms. The van der Waals surface area contributed by atoms with E-state index < -0.39 is 6.04 Å². The van der Waals surface area contributed by atoms with E-state index in [0.717, 1.165) is 14.7 Å². The third-order valence-electron chi connectivity index (χ3n) is 4.18. The van der Waals surface area contributed by atoms with Gasteiger partial charge in [-0.1, -0.05) is 46.5 Å². The Morgan fingerprint density at radius 2 is 2.08 bits per heavy atom. The van der Waals surface area contributed by atoms with Gasteiger partial charge in [0.15, 0.2) is 0 Å². The van der Waals surface area contributed by atoms with Crippen molar-refractivity contribution in [3.63, 3.8) is 0 Å². The maximum Gasteiger partial charge on any atom is 0.269 e. The molecule has 0 saturated carbocycles. The van der Waals surface area contributed by atoms with Crippen molar-refractivity contribution in [2.75, 3.05) is 7.11 Å². The zero-order valence-electron chi connectivity index (χ0n) is 14.5. The number of carbonyl (C=O) groups excluding carboxylic acids is 1. The van der Waals surface area contributed by atoms with E-state index in [0.29, 0.717) is 24.1 Å². The van der Waals surface area contributed by atoms with E-state index in [1.165, 1.54) is 11.5 Å². The first-order chi connectivity index (χ1) is 12.5. The molecule has 3 aromatic rings. The largest absolute Gasteiger partial charge is 0.496 e. The fourth-order valence-corrected chi connectivity index (χ4v) is 4.40. The molecule has 3 rings (SSSR count). The predicted octanol–water partition coefficient (Wildman–Crippen LogP) is 4.10. The van der Waals surface area contributed by atoms with Crippen molar-refractivity contribution in [2.45, 2.75) is 25.9 Å². The summed E-state index contributed by atoms with van der Waals surface area (Å²) in [4.78, 5) is 25.4. The first kappa shape index (κ1) is 18.7. The molecule has 136 valence electrons. The number of aromatic nitrogens is 1. The van der Waals surface area contributed by atoms with Crippen molar-refractivity contribution in [3.05, 3.63) is 62.9 Å². The van der Waals surface area contributed by atoms with Crippen molar-refractivity contribution in [1.29, 1.82) is 0 Å². The van der Waals surface area contributed by atoms with E-state index in [1.54, 1.807) is 17.1 Å². The number of nitrogens with one attached hydrogen (secondary N) is 1. The van der Waals surface area contributed by atoms with Gasteiger partial charge in [-0.25, -0.2) is 0 Å². The molecule has 0 saturated heterocycles. The summed E-state index contributed by atoms with van der Waals surface area (Å²) in [6, 6.07) is 12.5. The molecular formula is C19H19BrN2O3S. The van der Waals surface area contributed by atoms with Crippen LogP contribution in [0.1, 0.15) is 24.9 Å². The quantitative estimate of drug-likeness (QED) is 0.634. The fourth-order valence-electron chi connectivity index (χ4n) is 2.84. The Hall–Kier alpha value is -2.12. The van der Waals surface area contributed by atoms with Gasteiger partial charge in [0.1, 0.15) is 11.8 Å². The van der Waals surface area contributed by atoms with Gasteiger partial charge < -0.3 is 10.1 Å². The lowest BCUT2D eigenvalue weighted by molar-refractivity contribution is -0.124. The molecule has 1 amide bonds. The summed E-state index contributed by atoms with van der Waals surface area (Å²) in [5.41, 5.74) is 0.751. The number of halogens is 1. The van der Waals surface area contributed by atoms with Crippen LogP contribution < -0.4 is 15.6 Å². The normalized spacial score (nSPS) is 12.1. The zero-order valence-corrected chi connectivity index (χ0v) is 16.9. The first-order valence-corrected chi connectivity index (χ1v) is 9.82. The number of rotatable bonds is 6. The van der Waals surface area contributed by atoms with Gasteiger partial charge in [-0.2, -0.15) is 0 Å². The highest BCUT2D eigenvalue weighted by Crippen LogP contribution is 2.24. The maximum atomic E-state index is 12.7. The molecule has 0 fully saturated rings. The summed E-state index contributed by atoms with van der Waals surface area (Å²) in [5, 5.41) is 3.58. The van der Waals surface area contributed by atoms with Crippen LogP contribution in [0.3, 0.4) is 0 Å². The van der Waals surface area contributed by atoms with Crippen molar-refractivity contribution in [2.24, 2.45) is 0 Å². The Balaban J connectivity index is 1.82. The van der Waals surface area contributed by atoms with Gasteiger partial charge in [-0.3, -0.25) is 13.5 Å². The summed E-state index contributed by atoms with van der Waals surface area (Å²) < 4.78 is 8.70. The topological polar surface area (TPSA) is 60.3 Å². The third kappa shape index (κ3) is 3.68. The summed E-state index contributed by atoms with van der Waals surface area (Å²) in [7, 11) is 1.60. The molecule has 0 aliphatic rings. The Bertz CT molecular complexity index is 996. The molecule has 0 aliphatic carbocycles. The van der Waals surface area contributed by atoms with Gasteiger partial charge in [-0.15, -0.1) is 0 Å². The summed E-state index contributed by atoms with van der Waals surface area (Å²) in [5.74, 6) is 0.531. The van der Waals surface area contributed by atoms with E-state index in [2.05, 4.69) is 21.2 Å². The fraction of sp³-hybridized carbons (Fsp3) is 0.263. The molecule has 7 heteroatoms. The monoisotopic (exact) mass is 434 g/mol. The van der Waals surface area contributed by atoms with E-state index in [4.69, 9.17) is 4.74 Å². The minimum Gasteiger partial charge on any atom is -0.496 e. The highest BCUT2D eigenvalue weighted by atomic mass is 79.9. The number of carbonyl (C=O) groups is 1. The van der Waals surface area contributed by atoms with Crippen LogP contribution in [-0.2, 0) is 11.3 Å². The van der Waals surface area contributed by atoms with Crippen molar-refractivity contribution >= 4 is 43.5 Å². The van der Waals surface area contributed by atoms with Crippen LogP contribution in [0, 0.1) is 0 Å². The standard InChI is InChI=1S/C19H19BrN2O3S/c1-3-15(22-19(24)14-6-4-5-7-17(14)26-22)18(23)21-11-12-10-13(20)8-9-16(12)25-2/h4-10,15H,3,11H2,1-2H3,(H,21,23)/t15-/m0/s1. The number of ether oxygens (including phenoxy) is 1. The van der Waals surface area contributed by atoms with Crippen LogP contribution in [0.15, 0.2) is 51.7 Å². The molecule has 1 N–H and O–H groups in total. The Morgan fingerprint density at radius 1 is 1.31 bits per heavy atom. The summed E-state index contributed by atoms with van der Waals surface area (Å²) >= 11 is 4.76. The average molecular weight is 435 g/mol. The number of fused-ring (bicyclic) bond motifs is 1. The van der Waals surface area contributed by atoms with Crippen LogP contribution in [0.5, 0.6) is 5.75 Å². The molecule has 0 aliphatic heterocycles. The lowest BCUT2D eigenvalue weighted by Crippen LogP contribution is -2.34. The molecule has 2 aromatic carbocycles. The minimum absolute atomic E-state index is 0.118. The van der Waals surface area contributed by atoms with Gasteiger partial charge >= 0.3 is 0 Å². The first-order valence-electron chi connectivity index (χ1n) is 8.25.